The Bertz CT molecular complexity index is 1030. The Kier molecular flexibility index (Phi) is 7.59. The van der Waals surface area contributed by atoms with Gasteiger partial charge in [-0.25, -0.2) is 15.0 Å². The smallest absolute Gasteiger partial charge is 0.237 e. The molecule has 1 aliphatic heterocycles. The Morgan fingerprint density at radius 2 is 1.91 bits per heavy atom. The van der Waals surface area contributed by atoms with E-state index in [0.717, 1.165) is 17.8 Å². The molecule has 0 saturated carbocycles. The summed E-state index contributed by atoms with van der Waals surface area (Å²) >= 11 is 0. The third-order valence-corrected chi connectivity index (χ3v) is 5.56. The Labute approximate surface area is 194 Å². The van der Waals surface area contributed by atoms with Crippen LogP contribution in [-0.2, 0) is 16.1 Å². The Morgan fingerprint density at radius 1 is 1.12 bits per heavy atom. The molecule has 0 unspecified atom stereocenters. The van der Waals surface area contributed by atoms with Gasteiger partial charge in [0.05, 0.1) is 18.8 Å². The topological polar surface area (TPSA) is 83.5 Å². The number of nitrogens with one attached hydrogen (secondary N) is 1. The van der Waals surface area contributed by atoms with Crippen LogP contribution in [0.4, 0.5) is 11.8 Å². The summed E-state index contributed by atoms with van der Waals surface area (Å²) in [4.78, 5) is 30.3. The van der Waals surface area contributed by atoms with Gasteiger partial charge in [0.2, 0.25) is 11.9 Å². The molecule has 0 bridgehead atoms. The zero-order chi connectivity index (χ0) is 23.0. The molecule has 1 N–H and O–H groups in total. The van der Waals surface area contributed by atoms with Crippen molar-refractivity contribution in [3.05, 3.63) is 78.2 Å². The predicted molar refractivity (Wildman–Crippen MR) is 127 cm³/mol. The van der Waals surface area contributed by atoms with E-state index in [0.29, 0.717) is 38.0 Å². The Balaban J connectivity index is 1.39. The minimum Gasteiger partial charge on any atom is -0.369 e. The van der Waals surface area contributed by atoms with Gasteiger partial charge in [-0.3, -0.25) is 9.69 Å². The first-order valence-corrected chi connectivity index (χ1v) is 11.3. The summed E-state index contributed by atoms with van der Waals surface area (Å²) in [5.74, 6) is 1.27. The lowest BCUT2D eigenvalue weighted by Crippen LogP contribution is -2.47. The highest BCUT2D eigenvalue weighted by Crippen LogP contribution is 2.23. The third kappa shape index (κ3) is 6.34. The fraction of sp³-hybridized carbons (Fsp3) is 0.360. The van der Waals surface area contributed by atoms with Crippen LogP contribution in [0.15, 0.2) is 67.0 Å². The van der Waals surface area contributed by atoms with Crippen molar-refractivity contribution in [1.82, 2.24) is 24.8 Å². The van der Waals surface area contributed by atoms with Gasteiger partial charge in [-0.1, -0.05) is 36.4 Å². The second-order valence-electron chi connectivity index (χ2n) is 8.34. The summed E-state index contributed by atoms with van der Waals surface area (Å²) in [5, 5.41) is 3.11. The Hall–Kier alpha value is -3.36. The number of ether oxygens (including phenoxy) is 1. The number of nitrogens with zero attached hydrogens (tertiary/aromatic N) is 5. The van der Waals surface area contributed by atoms with Gasteiger partial charge in [0.15, 0.2) is 0 Å². The summed E-state index contributed by atoms with van der Waals surface area (Å²) in [7, 11) is 0. The summed E-state index contributed by atoms with van der Waals surface area (Å²) in [6, 6.07) is 17.7. The molecule has 33 heavy (non-hydrogen) atoms. The molecule has 0 radical (unpaired) electrons. The van der Waals surface area contributed by atoms with Crippen molar-refractivity contribution < 1.29 is 9.53 Å². The molecule has 3 heterocycles. The van der Waals surface area contributed by atoms with E-state index >= 15 is 0 Å². The number of benzene rings is 1. The highest BCUT2D eigenvalue weighted by molar-refractivity contribution is 5.78. The number of morpholine rings is 1. The second kappa shape index (κ2) is 11.0. The van der Waals surface area contributed by atoms with Gasteiger partial charge in [0.25, 0.3) is 0 Å². The van der Waals surface area contributed by atoms with Gasteiger partial charge in [0.1, 0.15) is 11.9 Å². The molecule has 172 valence electrons. The van der Waals surface area contributed by atoms with E-state index in [1.165, 1.54) is 0 Å². The number of amides is 1. The lowest BCUT2D eigenvalue weighted by Gasteiger charge is -2.35. The lowest BCUT2D eigenvalue weighted by molar-refractivity contribution is -0.136. The summed E-state index contributed by atoms with van der Waals surface area (Å²) in [6.45, 7) is 6.97. The van der Waals surface area contributed by atoms with Crippen molar-refractivity contribution in [2.24, 2.45) is 0 Å². The van der Waals surface area contributed by atoms with Crippen LogP contribution in [0.25, 0.3) is 0 Å². The molecule has 8 nitrogen and oxygen atoms in total. The van der Waals surface area contributed by atoms with Crippen LogP contribution >= 0.6 is 0 Å². The molecular formula is C25H30N6O2. The van der Waals surface area contributed by atoms with E-state index in [4.69, 9.17) is 4.74 Å². The zero-order valence-electron chi connectivity index (χ0n) is 19.1. The number of rotatable bonds is 8. The van der Waals surface area contributed by atoms with E-state index < -0.39 is 0 Å². The molecule has 3 aromatic rings. The molecule has 4 rings (SSSR count). The maximum Gasteiger partial charge on any atom is 0.237 e. The standard InChI is InChI=1S/C25H30N6O2/c1-19(2)31(16-20-8-4-3-5-9-20)24(32)18-30-14-15-33-22(17-30)21-10-6-11-23(28-21)29-25-26-12-7-13-27-25/h3-13,19,22H,14-18H2,1-2H3,(H,26,27,28,29)/t22-/m1/s1. The Morgan fingerprint density at radius 3 is 2.67 bits per heavy atom. The van der Waals surface area contributed by atoms with Crippen LogP contribution in [0, 0.1) is 0 Å². The quantitative estimate of drug-likeness (QED) is 0.568. The minimum absolute atomic E-state index is 0.124. The van der Waals surface area contributed by atoms with E-state index in [9.17, 15) is 4.79 Å². The van der Waals surface area contributed by atoms with Crippen molar-refractivity contribution in [3.8, 4) is 0 Å². The minimum atomic E-state index is -0.202. The predicted octanol–water partition coefficient (Wildman–Crippen LogP) is 3.43. The number of hydrogen-bond acceptors (Lipinski definition) is 7. The average Bonchev–Trinajstić information content (AvgIpc) is 2.84. The first-order chi connectivity index (χ1) is 16.1. The molecular weight excluding hydrogens is 416 g/mol. The summed E-state index contributed by atoms with van der Waals surface area (Å²) in [5.41, 5.74) is 1.95. The van der Waals surface area contributed by atoms with Crippen LogP contribution < -0.4 is 5.32 Å². The molecule has 1 aromatic carbocycles. The number of carbonyl (C=O) groups is 1. The molecule has 1 atom stereocenters. The molecule has 1 saturated heterocycles. The maximum absolute atomic E-state index is 13.2. The van der Waals surface area contributed by atoms with Crippen molar-refractivity contribution in [1.29, 1.82) is 0 Å². The van der Waals surface area contributed by atoms with Crippen LogP contribution in [0.5, 0.6) is 0 Å². The first kappa shape index (κ1) is 22.8. The zero-order valence-corrected chi connectivity index (χ0v) is 19.1. The summed E-state index contributed by atoms with van der Waals surface area (Å²) < 4.78 is 6.00. The van der Waals surface area contributed by atoms with Crippen LogP contribution in [-0.4, -0.2) is 62.9 Å². The highest BCUT2D eigenvalue weighted by Gasteiger charge is 2.27. The van der Waals surface area contributed by atoms with Crippen molar-refractivity contribution in [2.75, 3.05) is 31.6 Å². The third-order valence-electron chi connectivity index (χ3n) is 5.56. The largest absolute Gasteiger partial charge is 0.369 e. The lowest BCUT2D eigenvalue weighted by atomic mass is 10.1. The number of pyridine rings is 1. The highest BCUT2D eigenvalue weighted by atomic mass is 16.5. The van der Waals surface area contributed by atoms with Crippen LogP contribution in [0.1, 0.15) is 31.2 Å². The maximum atomic E-state index is 13.2. The number of hydrogen-bond donors (Lipinski definition) is 1. The van der Waals surface area contributed by atoms with Gasteiger partial charge < -0.3 is 15.0 Å². The fourth-order valence-corrected chi connectivity index (χ4v) is 3.82. The molecule has 0 aliphatic carbocycles. The molecule has 2 aromatic heterocycles. The van der Waals surface area contributed by atoms with Crippen LogP contribution in [0.3, 0.4) is 0 Å². The molecule has 0 spiro atoms. The second-order valence-corrected chi connectivity index (χ2v) is 8.34. The SMILES string of the molecule is CC(C)N(Cc1ccccc1)C(=O)CN1CCO[C@@H](c2cccc(Nc3ncccn3)n2)C1. The van der Waals surface area contributed by atoms with Crippen molar-refractivity contribution in [2.45, 2.75) is 32.5 Å². The van der Waals surface area contributed by atoms with E-state index in [1.807, 2.05) is 41.3 Å². The molecule has 1 aliphatic rings. The van der Waals surface area contributed by atoms with E-state index in [-0.39, 0.29) is 18.1 Å². The first-order valence-electron chi connectivity index (χ1n) is 11.3. The average molecular weight is 447 g/mol. The van der Waals surface area contributed by atoms with Gasteiger partial charge >= 0.3 is 0 Å². The van der Waals surface area contributed by atoms with Gasteiger partial charge in [-0.05, 0) is 37.6 Å². The normalized spacial score (nSPS) is 16.5. The molecule has 8 heteroatoms. The van der Waals surface area contributed by atoms with E-state index in [1.54, 1.807) is 18.5 Å². The monoisotopic (exact) mass is 446 g/mol. The van der Waals surface area contributed by atoms with Gasteiger partial charge in [-0.15, -0.1) is 0 Å². The number of aromatic nitrogens is 3. The van der Waals surface area contributed by atoms with Crippen molar-refractivity contribution >= 4 is 17.7 Å². The van der Waals surface area contributed by atoms with Crippen molar-refractivity contribution in [3.63, 3.8) is 0 Å². The van der Waals surface area contributed by atoms with E-state index in [2.05, 4.69) is 51.1 Å². The van der Waals surface area contributed by atoms with Gasteiger partial charge in [-0.2, -0.15) is 0 Å². The fourth-order valence-electron chi connectivity index (χ4n) is 3.82. The molecule has 1 fully saturated rings. The van der Waals surface area contributed by atoms with Crippen LogP contribution in [0.2, 0.25) is 0 Å². The van der Waals surface area contributed by atoms with Gasteiger partial charge in [0, 0.05) is 38.1 Å². The number of anilines is 2. The molecule has 1 amide bonds. The number of carbonyl (C=O) groups excluding carboxylic acids is 1. The summed E-state index contributed by atoms with van der Waals surface area (Å²) in [6.07, 6.45) is 3.15.